The fourth-order valence-electron chi connectivity index (χ4n) is 2.85. The van der Waals surface area contributed by atoms with E-state index in [-0.39, 0.29) is 18.1 Å². The molecular formula is C19H14F2N2O2S. The van der Waals surface area contributed by atoms with Gasteiger partial charge in [0.25, 0.3) is 0 Å². The molecule has 2 aromatic carbocycles. The summed E-state index contributed by atoms with van der Waals surface area (Å²) < 4.78 is 32.1. The summed E-state index contributed by atoms with van der Waals surface area (Å²) in [5, 5.41) is 2.46. The zero-order valence-electron chi connectivity index (χ0n) is 13.6. The Morgan fingerprint density at radius 2 is 2.04 bits per heavy atom. The number of fused-ring (bicyclic) bond motifs is 1. The number of thiazole rings is 1. The van der Waals surface area contributed by atoms with Crippen LogP contribution in [0.1, 0.15) is 5.69 Å². The zero-order valence-corrected chi connectivity index (χ0v) is 14.4. The lowest BCUT2D eigenvalue weighted by atomic mass is 10.2. The standard InChI is InChI=1S/C19H14F2N2O2S/c20-13-3-1-2-12(8-13)19-22-15(11-26-19)10-18(24)23-6-7-25-17-9-14(21)4-5-16(17)23/h1-5,8-9,11H,6-7,10H2. The molecule has 0 N–H and O–H groups in total. The van der Waals surface area contributed by atoms with Crippen molar-refractivity contribution < 1.29 is 18.3 Å². The highest BCUT2D eigenvalue weighted by molar-refractivity contribution is 7.13. The second kappa shape index (κ2) is 6.84. The fourth-order valence-corrected chi connectivity index (χ4v) is 3.66. The molecule has 0 fully saturated rings. The van der Waals surface area contributed by atoms with E-state index in [9.17, 15) is 13.6 Å². The van der Waals surface area contributed by atoms with Crippen LogP contribution in [0.5, 0.6) is 5.75 Å². The summed E-state index contributed by atoms with van der Waals surface area (Å²) in [6.07, 6.45) is 0.114. The number of benzene rings is 2. The highest BCUT2D eigenvalue weighted by Gasteiger charge is 2.24. The number of rotatable bonds is 3. The van der Waals surface area contributed by atoms with E-state index in [1.165, 1.54) is 35.6 Å². The Balaban J connectivity index is 1.53. The average molecular weight is 372 g/mol. The van der Waals surface area contributed by atoms with Gasteiger partial charge in [0.1, 0.15) is 29.0 Å². The van der Waals surface area contributed by atoms with Crippen LogP contribution in [0, 0.1) is 11.6 Å². The number of ether oxygens (including phenoxy) is 1. The van der Waals surface area contributed by atoms with Crippen molar-refractivity contribution in [3.05, 3.63) is 65.2 Å². The maximum Gasteiger partial charge on any atom is 0.233 e. The van der Waals surface area contributed by atoms with Gasteiger partial charge in [-0.3, -0.25) is 4.79 Å². The molecule has 2 heterocycles. The Labute approximate surface area is 152 Å². The Morgan fingerprint density at radius 3 is 2.88 bits per heavy atom. The molecule has 0 bridgehead atoms. The van der Waals surface area contributed by atoms with Crippen molar-refractivity contribution in [3.63, 3.8) is 0 Å². The normalized spacial score (nSPS) is 13.2. The molecule has 0 radical (unpaired) electrons. The first-order valence-electron chi connectivity index (χ1n) is 8.03. The van der Waals surface area contributed by atoms with Crippen molar-refractivity contribution in [2.24, 2.45) is 0 Å². The maximum atomic E-state index is 13.4. The molecule has 1 aliphatic rings. The quantitative estimate of drug-likeness (QED) is 0.696. The predicted molar refractivity (Wildman–Crippen MR) is 95.5 cm³/mol. The van der Waals surface area contributed by atoms with Gasteiger partial charge < -0.3 is 9.64 Å². The van der Waals surface area contributed by atoms with Gasteiger partial charge in [0.05, 0.1) is 24.3 Å². The van der Waals surface area contributed by atoms with Crippen molar-refractivity contribution in [3.8, 4) is 16.3 Å². The van der Waals surface area contributed by atoms with E-state index < -0.39 is 5.82 Å². The lowest BCUT2D eigenvalue weighted by molar-refractivity contribution is -0.118. The van der Waals surface area contributed by atoms with E-state index in [1.54, 1.807) is 28.5 Å². The van der Waals surface area contributed by atoms with Crippen LogP contribution in [0.2, 0.25) is 0 Å². The van der Waals surface area contributed by atoms with Gasteiger partial charge in [-0.25, -0.2) is 13.8 Å². The van der Waals surface area contributed by atoms with E-state index in [0.29, 0.717) is 40.9 Å². The molecule has 26 heavy (non-hydrogen) atoms. The lowest BCUT2D eigenvalue weighted by Gasteiger charge is -2.29. The average Bonchev–Trinajstić information content (AvgIpc) is 3.09. The summed E-state index contributed by atoms with van der Waals surface area (Å²) >= 11 is 1.36. The summed E-state index contributed by atoms with van der Waals surface area (Å²) in [7, 11) is 0. The van der Waals surface area contributed by atoms with Crippen molar-refractivity contribution in [2.45, 2.75) is 6.42 Å². The first-order chi connectivity index (χ1) is 12.6. The van der Waals surface area contributed by atoms with Gasteiger partial charge in [0.15, 0.2) is 0 Å². The Hall–Kier alpha value is -2.80. The number of carbonyl (C=O) groups excluding carboxylic acids is 1. The van der Waals surface area contributed by atoms with Crippen LogP contribution in [-0.4, -0.2) is 24.0 Å². The minimum absolute atomic E-state index is 0.114. The van der Waals surface area contributed by atoms with Crippen molar-refractivity contribution >= 4 is 22.9 Å². The van der Waals surface area contributed by atoms with Crippen LogP contribution in [0.4, 0.5) is 14.5 Å². The van der Waals surface area contributed by atoms with Gasteiger partial charge in [-0.2, -0.15) is 0 Å². The van der Waals surface area contributed by atoms with Crippen molar-refractivity contribution in [1.82, 2.24) is 4.98 Å². The van der Waals surface area contributed by atoms with Crippen LogP contribution in [0.25, 0.3) is 10.6 Å². The zero-order chi connectivity index (χ0) is 18.1. The van der Waals surface area contributed by atoms with Crippen LogP contribution in [-0.2, 0) is 11.2 Å². The molecule has 1 aromatic heterocycles. The monoisotopic (exact) mass is 372 g/mol. The molecule has 0 aliphatic carbocycles. The number of hydrogen-bond donors (Lipinski definition) is 0. The lowest BCUT2D eigenvalue weighted by Crippen LogP contribution is -2.38. The summed E-state index contributed by atoms with van der Waals surface area (Å²) in [5.41, 5.74) is 1.86. The Bertz CT molecular complexity index is 974. The molecule has 7 heteroatoms. The highest BCUT2D eigenvalue weighted by Crippen LogP contribution is 2.33. The van der Waals surface area contributed by atoms with Gasteiger partial charge in [0, 0.05) is 17.0 Å². The minimum atomic E-state index is -0.405. The molecule has 4 nitrogen and oxygen atoms in total. The van der Waals surface area contributed by atoms with Gasteiger partial charge >= 0.3 is 0 Å². The molecule has 4 rings (SSSR count). The number of amides is 1. The topological polar surface area (TPSA) is 42.4 Å². The molecule has 0 saturated carbocycles. The maximum absolute atomic E-state index is 13.4. The molecule has 3 aromatic rings. The molecular weight excluding hydrogens is 358 g/mol. The molecule has 0 spiro atoms. The second-order valence-corrected chi connectivity index (χ2v) is 6.70. The van der Waals surface area contributed by atoms with Gasteiger partial charge in [-0.1, -0.05) is 12.1 Å². The number of hydrogen-bond acceptors (Lipinski definition) is 4. The van der Waals surface area contributed by atoms with E-state index in [2.05, 4.69) is 4.98 Å². The van der Waals surface area contributed by atoms with Crippen LogP contribution < -0.4 is 9.64 Å². The van der Waals surface area contributed by atoms with Crippen molar-refractivity contribution in [1.29, 1.82) is 0 Å². The first kappa shape index (κ1) is 16.7. The van der Waals surface area contributed by atoms with Gasteiger partial charge in [0.2, 0.25) is 5.91 Å². The first-order valence-corrected chi connectivity index (χ1v) is 8.91. The SMILES string of the molecule is O=C(Cc1csc(-c2cccc(F)c2)n1)N1CCOc2cc(F)ccc21. The number of nitrogens with zero attached hydrogens (tertiary/aromatic N) is 2. The van der Waals surface area contributed by atoms with E-state index >= 15 is 0 Å². The summed E-state index contributed by atoms with van der Waals surface area (Å²) in [5.74, 6) is -0.509. The molecule has 1 amide bonds. The Kier molecular flexibility index (Phi) is 4.38. The van der Waals surface area contributed by atoms with E-state index in [4.69, 9.17) is 4.74 Å². The van der Waals surface area contributed by atoms with Crippen molar-refractivity contribution in [2.75, 3.05) is 18.1 Å². The van der Waals surface area contributed by atoms with Crippen LogP contribution in [0.15, 0.2) is 47.8 Å². The van der Waals surface area contributed by atoms with Crippen LogP contribution >= 0.6 is 11.3 Å². The predicted octanol–water partition coefficient (Wildman–Crippen LogP) is 4.06. The summed E-state index contributed by atoms with van der Waals surface area (Å²) in [4.78, 5) is 18.7. The van der Waals surface area contributed by atoms with Gasteiger partial charge in [-0.05, 0) is 24.3 Å². The van der Waals surface area contributed by atoms with Gasteiger partial charge in [-0.15, -0.1) is 11.3 Å². The third-order valence-electron chi connectivity index (χ3n) is 4.04. The smallest absolute Gasteiger partial charge is 0.233 e. The third kappa shape index (κ3) is 3.30. The number of halogens is 2. The summed E-state index contributed by atoms with van der Waals surface area (Å²) in [6, 6.07) is 10.3. The minimum Gasteiger partial charge on any atom is -0.489 e. The molecule has 0 unspecified atom stereocenters. The molecule has 1 aliphatic heterocycles. The number of anilines is 1. The van der Waals surface area contributed by atoms with E-state index in [0.717, 1.165) is 0 Å². The highest BCUT2D eigenvalue weighted by atomic mass is 32.1. The van der Waals surface area contributed by atoms with Crippen LogP contribution in [0.3, 0.4) is 0 Å². The fraction of sp³-hybridized carbons (Fsp3) is 0.158. The number of carbonyl (C=O) groups is 1. The molecule has 132 valence electrons. The third-order valence-corrected chi connectivity index (χ3v) is 4.98. The Morgan fingerprint density at radius 1 is 1.19 bits per heavy atom. The summed E-state index contributed by atoms with van der Waals surface area (Å²) in [6.45, 7) is 0.714. The number of aromatic nitrogens is 1. The molecule has 0 atom stereocenters. The largest absolute Gasteiger partial charge is 0.489 e. The molecule has 0 saturated heterocycles. The van der Waals surface area contributed by atoms with E-state index in [1.807, 2.05) is 0 Å². The second-order valence-electron chi connectivity index (χ2n) is 5.84.